The van der Waals surface area contributed by atoms with Gasteiger partial charge in [0.2, 0.25) is 0 Å². The van der Waals surface area contributed by atoms with Crippen molar-refractivity contribution in [1.29, 1.82) is 0 Å². The monoisotopic (exact) mass is 311 g/mol. The highest BCUT2D eigenvalue weighted by molar-refractivity contribution is 7.91. The molecule has 1 heterocycles. The Hall–Kier alpha value is -0.630. The van der Waals surface area contributed by atoms with Crippen molar-refractivity contribution < 1.29 is 18.3 Å². The minimum absolute atomic E-state index is 0.0451. The average Bonchev–Trinajstić information content (AvgIpc) is 2.59. The van der Waals surface area contributed by atoms with Gasteiger partial charge >= 0.3 is 5.97 Å². The average molecular weight is 312 g/mol. The lowest BCUT2D eigenvalue weighted by Crippen LogP contribution is -2.47. The number of halogens is 1. The number of carbonyl (C=O) groups is 1. The van der Waals surface area contributed by atoms with Crippen LogP contribution in [0, 0.1) is 0 Å². The summed E-state index contributed by atoms with van der Waals surface area (Å²) in [6, 6.07) is 2.85. The Morgan fingerprint density at radius 1 is 1.44 bits per heavy atom. The molecule has 0 saturated carbocycles. The Morgan fingerprint density at radius 2 is 2.00 bits per heavy atom. The fraction of sp³-hybridized carbons (Fsp3) is 0.500. The molecule has 0 radical (unpaired) electrons. The van der Waals surface area contributed by atoms with E-state index in [1.807, 2.05) is 0 Å². The van der Waals surface area contributed by atoms with Gasteiger partial charge in [-0.1, -0.05) is 11.6 Å². The van der Waals surface area contributed by atoms with Gasteiger partial charge in [0.25, 0.3) is 10.0 Å². The van der Waals surface area contributed by atoms with Gasteiger partial charge in [-0.05, 0) is 32.9 Å². The molecule has 0 fully saturated rings. The third-order valence-corrected chi connectivity index (χ3v) is 5.93. The fourth-order valence-corrected chi connectivity index (χ4v) is 4.68. The standard InChI is InChI=1S/C10H14ClNO4S2/c1-10(2,3)12(6-8(13)14)18(15,16)9-5-4-7(11)17-9/h4-5H,6H2,1-3H3,(H,13,14). The van der Waals surface area contributed by atoms with Gasteiger partial charge in [0, 0.05) is 5.54 Å². The molecule has 0 spiro atoms. The lowest BCUT2D eigenvalue weighted by molar-refractivity contribution is -0.138. The van der Waals surface area contributed by atoms with E-state index in [0.29, 0.717) is 4.34 Å². The van der Waals surface area contributed by atoms with E-state index in [2.05, 4.69) is 0 Å². The van der Waals surface area contributed by atoms with E-state index < -0.39 is 28.1 Å². The van der Waals surface area contributed by atoms with Crippen molar-refractivity contribution in [1.82, 2.24) is 4.31 Å². The zero-order chi connectivity index (χ0) is 14.1. The minimum atomic E-state index is -3.85. The lowest BCUT2D eigenvalue weighted by Gasteiger charge is -2.32. The van der Waals surface area contributed by atoms with Gasteiger partial charge < -0.3 is 5.11 Å². The number of hydrogen-bond donors (Lipinski definition) is 1. The van der Waals surface area contributed by atoms with Gasteiger partial charge in [0.15, 0.2) is 0 Å². The lowest BCUT2D eigenvalue weighted by atomic mass is 10.1. The van der Waals surface area contributed by atoms with Crippen molar-refractivity contribution in [3.8, 4) is 0 Å². The second kappa shape index (κ2) is 5.16. The van der Waals surface area contributed by atoms with Crippen LogP contribution in [0.2, 0.25) is 4.34 Å². The van der Waals surface area contributed by atoms with Gasteiger partial charge in [-0.3, -0.25) is 4.79 Å². The summed E-state index contributed by atoms with van der Waals surface area (Å²) in [4.78, 5) is 10.8. The van der Waals surface area contributed by atoms with E-state index in [9.17, 15) is 13.2 Å². The molecule has 1 rings (SSSR count). The van der Waals surface area contributed by atoms with Crippen LogP contribution in [-0.4, -0.2) is 35.9 Å². The molecule has 0 aliphatic rings. The Labute approximate surface area is 115 Å². The van der Waals surface area contributed by atoms with Crippen LogP contribution in [0.5, 0.6) is 0 Å². The number of rotatable bonds is 4. The summed E-state index contributed by atoms with van der Waals surface area (Å²) >= 11 is 6.62. The highest BCUT2D eigenvalue weighted by Gasteiger charge is 2.36. The molecule has 0 saturated heterocycles. The maximum Gasteiger partial charge on any atom is 0.318 e. The summed E-state index contributed by atoms with van der Waals surface area (Å²) in [6.07, 6.45) is 0. The zero-order valence-corrected chi connectivity index (χ0v) is 12.6. The zero-order valence-electron chi connectivity index (χ0n) is 10.2. The summed E-state index contributed by atoms with van der Waals surface area (Å²) < 4.78 is 26.0. The largest absolute Gasteiger partial charge is 0.480 e. The molecule has 0 amide bonds. The van der Waals surface area contributed by atoms with E-state index in [1.54, 1.807) is 20.8 Å². The second-order valence-electron chi connectivity index (χ2n) is 4.63. The smallest absolute Gasteiger partial charge is 0.318 e. The summed E-state index contributed by atoms with van der Waals surface area (Å²) in [7, 11) is -3.85. The molecule has 102 valence electrons. The number of aliphatic carboxylic acids is 1. The summed E-state index contributed by atoms with van der Waals surface area (Å²) in [5.41, 5.74) is -0.826. The fourth-order valence-electron chi connectivity index (χ4n) is 1.35. The topological polar surface area (TPSA) is 74.7 Å². The molecule has 0 aromatic carbocycles. The number of thiophene rings is 1. The predicted octanol–water partition coefficient (Wildman–Crippen LogP) is 2.28. The van der Waals surface area contributed by atoms with Crippen LogP contribution in [0.3, 0.4) is 0 Å². The number of sulfonamides is 1. The molecule has 0 atom stereocenters. The van der Waals surface area contributed by atoms with Crippen LogP contribution in [0.15, 0.2) is 16.3 Å². The van der Waals surface area contributed by atoms with Gasteiger partial charge in [0.05, 0.1) is 4.34 Å². The molecule has 18 heavy (non-hydrogen) atoms. The van der Waals surface area contributed by atoms with Crippen molar-refractivity contribution in [3.05, 3.63) is 16.5 Å². The molecule has 0 bridgehead atoms. The van der Waals surface area contributed by atoms with Crippen molar-refractivity contribution in [2.75, 3.05) is 6.54 Å². The minimum Gasteiger partial charge on any atom is -0.480 e. The Balaban J connectivity index is 3.24. The second-order valence-corrected chi connectivity index (χ2v) is 8.44. The van der Waals surface area contributed by atoms with Crippen molar-refractivity contribution in [2.45, 2.75) is 30.5 Å². The van der Waals surface area contributed by atoms with Crippen LogP contribution in [0.25, 0.3) is 0 Å². The van der Waals surface area contributed by atoms with Crippen LogP contribution in [0.4, 0.5) is 0 Å². The highest BCUT2D eigenvalue weighted by atomic mass is 35.5. The molecule has 0 aliphatic heterocycles. The van der Waals surface area contributed by atoms with E-state index in [4.69, 9.17) is 16.7 Å². The van der Waals surface area contributed by atoms with Crippen LogP contribution < -0.4 is 0 Å². The molecule has 0 aliphatic carbocycles. The van der Waals surface area contributed by atoms with Crippen molar-refractivity contribution in [2.24, 2.45) is 0 Å². The molecule has 1 N–H and O–H groups in total. The highest BCUT2D eigenvalue weighted by Crippen LogP contribution is 2.31. The van der Waals surface area contributed by atoms with Crippen LogP contribution >= 0.6 is 22.9 Å². The molecular formula is C10H14ClNO4S2. The van der Waals surface area contributed by atoms with Crippen molar-refractivity contribution in [3.63, 3.8) is 0 Å². The molecule has 0 unspecified atom stereocenters. The first-order chi connectivity index (χ1) is 8.05. The van der Waals surface area contributed by atoms with Gasteiger partial charge in [-0.2, -0.15) is 4.31 Å². The number of carboxylic acid groups (broad SMARTS) is 1. The van der Waals surface area contributed by atoms with E-state index in [0.717, 1.165) is 15.6 Å². The first-order valence-corrected chi connectivity index (χ1v) is 7.68. The Bertz CT molecular complexity index is 544. The quantitative estimate of drug-likeness (QED) is 0.925. The SMILES string of the molecule is CC(C)(C)N(CC(=O)O)S(=O)(=O)c1ccc(Cl)s1. The number of hydrogen-bond acceptors (Lipinski definition) is 4. The van der Waals surface area contributed by atoms with E-state index in [-0.39, 0.29) is 4.21 Å². The van der Waals surface area contributed by atoms with E-state index >= 15 is 0 Å². The number of carboxylic acids is 1. The maximum absolute atomic E-state index is 12.3. The summed E-state index contributed by atoms with van der Waals surface area (Å²) in [6.45, 7) is 4.34. The van der Waals surface area contributed by atoms with Crippen molar-refractivity contribution >= 4 is 38.9 Å². The predicted molar refractivity (Wildman–Crippen MR) is 70.6 cm³/mol. The molecule has 1 aromatic heterocycles. The number of nitrogens with zero attached hydrogens (tertiary/aromatic N) is 1. The maximum atomic E-state index is 12.3. The van der Waals surface area contributed by atoms with Gasteiger partial charge in [-0.15, -0.1) is 11.3 Å². The van der Waals surface area contributed by atoms with E-state index in [1.165, 1.54) is 12.1 Å². The van der Waals surface area contributed by atoms with Crippen LogP contribution in [0.1, 0.15) is 20.8 Å². The Morgan fingerprint density at radius 3 is 2.33 bits per heavy atom. The Kier molecular flexibility index (Phi) is 4.42. The normalized spacial score (nSPS) is 12.9. The third-order valence-electron chi connectivity index (χ3n) is 2.12. The van der Waals surface area contributed by atoms with Gasteiger partial charge in [0.1, 0.15) is 10.8 Å². The summed E-state index contributed by atoms with van der Waals surface area (Å²) in [5, 5.41) is 8.83. The first-order valence-electron chi connectivity index (χ1n) is 5.05. The third kappa shape index (κ3) is 3.44. The molecule has 5 nitrogen and oxygen atoms in total. The van der Waals surface area contributed by atoms with Gasteiger partial charge in [-0.25, -0.2) is 8.42 Å². The van der Waals surface area contributed by atoms with Crippen LogP contribution in [-0.2, 0) is 14.8 Å². The first kappa shape index (κ1) is 15.4. The summed E-state index contributed by atoms with van der Waals surface area (Å²) in [5.74, 6) is -1.20. The molecule has 1 aromatic rings. The molecule has 8 heteroatoms. The molecular weight excluding hydrogens is 298 g/mol.